The maximum Gasteiger partial charge on any atom is 0.170 e. The molecule has 2 atom stereocenters. The third-order valence-electron chi connectivity index (χ3n) is 4.46. The van der Waals surface area contributed by atoms with Crippen LogP contribution in [0.1, 0.15) is 30.5 Å². The molecule has 3 heterocycles. The van der Waals surface area contributed by atoms with Crippen molar-refractivity contribution in [2.75, 3.05) is 6.54 Å². The van der Waals surface area contributed by atoms with E-state index in [4.69, 9.17) is 28.2 Å². The van der Waals surface area contributed by atoms with Crippen LogP contribution in [0.2, 0.25) is 5.02 Å². The molecule has 3 aromatic rings. The van der Waals surface area contributed by atoms with Gasteiger partial charge in [-0.3, -0.25) is 4.98 Å². The predicted molar refractivity (Wildman–Crippen MR) is 112 cm³/mol. The topological polar surface area (TPSA) is 41.3 Å². The minimum atomic E-state index is -0.0434. The van der Waals surface area contributed by atoms with E-state index < -0.39 is 0 Å². The highest BCUT2D eigenvalue weighted by Crippen LogP contribution is 2.41. The molecular weight excluding hydrogens is 398 g/mol. The molecule has 1 saturated heterocycles. The van der Waals surface area contributed by atoms with Crippen molar-refractivity contribution in [3.63, 3.8) is 0 Å². The van der Waals surface area contributed by atoms with Gasteiger partial charge in [-0.1, -0.05) is 29.4 Å². The Bertz CT molecular complexity index is 930. The van der Waals surface area contributed by atoms with E-state index >= 15 is 0 Å². The van der Waals surface area contributed by atoms with E-state index in [1.165, 1.54) is 0 Å². The van der Waals surface area contributed by atoms with Crippen molar-refractivity contribution in [2.24, 2.45) is 0 Å². The van der Waals surface area contributed by atoms with Gasteiger partial charge in [-0.2, -0.15) is 0 Å². The van der Waals surface area contributed by atoms with Crippen LogP contribution in [-0.2, 0) is 0 Å². The Labute approximate surface area is 172 Å². The summed E-state index contributed by atoms with van der Waals surface area (Å²) in [5.74, 6) is 0.872. The molecule has 0 saturated carbocycles. The SMILES string of the molecule is CCN1C(=S)N[C@@H](c2ccccn2)[C@H]1c1ccc(Sc2ccc(Cl)cc2)o1. The van der Waals surface area contributed by atoms with Crippen molar-refractivity contribution in [3.8, 4) is 0 Å². The minimum absolute atomic E-state index is 0.0306. The van der Waals surface area contributed by atoms with E-state index in [9.17, 15) is 0 Å². The average Bonchev–Trinajstić information content (AvgIpc) is 3.28. The summed E-state index contributed by atoms with van der Waals surface area (Å²) in [4.78, 5) is 7.74. The Kier molecular flexibility index (Phi) is 5.38. The van der Waals surface area contributed by atoms with Gasteiger partial charge in [0.05, 0.1) is 11.7 Å². The first-order chi connectivity index (χ1) is 13.2. The molecule has 1 fully saturated rings. The quantitative estimate of drug-likeness (QED) is 0.557. The monoisotopic (exact) mass is 415 g/mol. The molecule has 0 spiro atoms. The summed E-state index contributed by atoms with van der Waals surface area (Å²) in [6, 6.07) is 17.6. The first-order valence-electron chi connectivity index (χ1n) is 8.67. The average molecular weight is 416 g/mol. The van der Waals surface area contributed by atoms with E-state index in [0.29, 0.717) is 0 Å². The van der Waals surface area contributed by atoms with E-state index in [2.05, 4.69) is 22.1 Å². The molecule has 0 bridgehead atoms. The van der Waals surface area contributed by atoms with E-state index in [1.807, 2.05) is 54.6 Å². The van der Waals surface area contributed by atoms with Crippen molar-refractivity contribution in [2.45, 2.75) is 29.0 Å². The van der Waals surface area contributed by atoms with Gasteiger partial charge in [0, 0.05) is 22.7 Å². The summed E-state index contributed by atoms with van der Waals surface area (Å²) in [5, 5.41) is 5.68. The number of furan rings is 1. The van der Waals surface area contributed by atoms with Crippen LogP contribution in [0.3, 0.4) is 0 Å². The largest absolute Gasteiger partial charge is 0.452 e. The van der Waals surface area contributed by atoms with Gasteiger partial charge in [0.25, 0.3) is 0 Å². The molecule has 0 radical (unpaired) electrons. The van der Waals surface area contributed by atoms with Crippen LogP contribution in [0.5, 0.6) is 0 Å². The van der Waals surface area contributed by atoms with Crippen molar-refractivity contribution >= 4 is 40.7 Å². The zero-order valence-corrected chi connectivity index (χ0v) is 17.0. The van der Waals surface area contributed by atoms with Gasteiger partial charge in [0.2, 0.25) is 0 Å². The van der Waals surface area contributed by atoms with E-state index in [-0.39, 0.29) is 12.1 Å². The van der Waals surface area contributed by atoms with Crippen molar-refractivity contribution < 1.29 is 4.42 Å². The summed E-state index contributed by atoms with van der Waals surface area (Å²) < 4.78 is 6.19. The van der Waals surface area contributed by atoms with Crippen LogP contribution in [0.25, 0.3) is 0 Å². The number of hydrogen-bond acceptors (Lipinski definition) is 4. The lowest BCUT2D eigenvalue weighted by Crippen LogP contribution is -2.29. The number of benzene rings is 1. The third kappa shape index (κ3) is 3.83. The Morgan fingerprint density at radius 3 is 2.70 bits per heavy atom. The van der Waals surface area contributed by atoms with Crippen LogP contribution < -0.4 is 5.32 Å². The number of rotatable bonds is 5. The molecule has 1 aromatic carbocycles. The van der Waals surface area contributed by atoms with Crippen LogP contribution in [-0.4, -0.2) is 21.5 Å². The summed E-state index contributed by atoms with van der Waals surface area (Å²) in [7, 11) is 0. The lowest BCUT2D eigenvalue weighted by Gasteiger charge is -2.24. The maximum absolute atomic E-state index is 6.19. The zero-order valence-electron chi connectivity index (χ0n) is 14.6. The normalized spacial score (nSPS) is 19.3. The van der Waals surface area contributed by atoms with Crippen LogP contribution in [0, 0.1) is 0 Å². The van der Waals surface area contributed by atoms with Crippen LogP contribution >= 0.6 is 35.6 Å². The van der Waals surface area contributed by atoms with Crippen molar-refractivity contribution in [1.82, 2.24) is 15.2 Å². The highest BCUT2D eigenvalue weighted by Gasteiger charge is 2.40. The lowest BCUT2D eigenvalue weighted by molar-refractivity contribution is 0.267. The molecule has 1 aliphatic rings. The van der Waals surface area contributed by atoms with Gasteiger partial charge in [-0.05, 0) is 67.7 Å². The smallest absolute Gasteiger partial charge is 0.170 e. The second-order valence-electron chi connectivity index (χ2n) is 6.13. The molecule has 1 aliphatic heterocycles. The second kappa shape index (κ2) is 7.92. The molecule has 138 valence electrons. The Morgan fingerprint density at radius 2 is 2.00 bits per heavy atom. The Hall–Kier alpha value is -2.02. The summed E-state index contributed by atoms with van der Waals surface area (Å²) in [5.41, 5.74) is 0.948. The predicted octanol–water partition coefficient (Wildman–Crippen LogP) is 5.47. The number of pyridine rings is 1. The van der Waals surface area contributed by atoms with Crippen molar-refractivity contribution in [1.29, 1.82) is 0 Å². The molecule has 4 rings (SSSR count). The van der Waals surface area contributed by atoms with E-state index in [1.54, 1.807) is 18.0 Å². The molecule has 2 aromatic heterocycles. The van der Waals surface area contributed by atoms with Crippen LogP contribution in [0.15, 0.2) is 75.2 Å². The highest BCUT2D eigenvalue weighted by molar-refractivity contribution is 7.99. The second-order valence-corrected chi connectivity index (χ2v) is 8.03. The molecule has 0 amide bonds. The van der Waals surface area contributed by atoms with Crippen LogP contribution in [0.4, 0.5) is 0 Å². The number of likely N-dealkylation sites (N-methyl/N-ethyl adjacent to an activating group) is 1. The van der Waals surface area contributed by atoms with Gasteiger partial charge < -0.3 is 14.6 Å². The van der Waals surface area contributed by atoms with Gasteiger partial charge in [0.1, 0.15) is 11.8 Å². The first kappa shape index (κ1) is 18.3. The fourth-order valence-electron chi connectivity index (χ4n) is 3.22. The molecule has 7 heteroatoms. The summed E-state index contributed by atoms with van der Waals surface area (Å²) in [6.07, 6.45) is 1.80. The molecule has 0 aliphatic carbocycles. The lowest BCUT2D eigenvalue weighted by atomic mass is 10.0. The van der Waals surface area contributed by atoms with Gasteiger partial charge in [-0.25, -0.2) is 0 Å². The number of halogens is 1. The zero-order chi connectivity index (χ0) is 18.8. The number of hydrogen-bond donors (Lipinski definition) is 1. The standard InChI is InChI=1S/C20H18ClN3OS2/c1-2-24-19(18(23-20(24)26)15-5-3-4-12-22-15)16-10-11-17(25-16)27-14-8-6-13(21)7-9-14/h3-12,18-19H,2H2,1H3,(H,23,26)/t18-,19+/m0/s1. The molecular formula is C20H18ClN3OS2. The molecule has 1 N–H and O–H groups in total. The molecule has 0 unspecified atom stereocenters. The Balaban J connectivity index is 1.62. The molecule has 27 heavy (non-hydrogen) atoms. The van der Waals surface area contributed by atoms with Gasteiger partial charge in [0.15, 0.2) is 10.2 Å². The molecule has 4 nitrogen and oxygen atoms in total. The first-order valence-corrected chi connectivity index (χ1v) is 10.3. The highest BCUT2D eigenvalue weighted by atomic mass is 35.5. The Morgan fingerprint density at radius 1 is 1.19 bits per heavy atom. The fraction of sp³-hybridized carbons (Fsp3) is 0.200. The fourth-order valence-corrected chi connectivity index (χ4v) is 4.50. The summed E-state index contributed by atoms with van der Waals surface area (Å²) >= 11 is 13.1. The number of aromatic nitrogens is 1. The number of nitrogens with zero attached hydrogens (tertiary/aromatic N) is 2. The van der Waals surface area contributed by atoms with Gasteiger partial charge in [-0.15, -0.1) is 0 Å². The van der Waals surface area contributed by atoms with Crippen molar-refractivity contribution in [3.05, 3.63) is 77.3 Å². The summed E-state index contributed by atoms with van der Waals surface area (Å²) in [6.45, 7) is 2.88. The number of thiocarbonyl (C=S) groups is 1. The number of nitrogens with one attached hydrogen (secondary N) is 1. The van der Waals surface area contributed by atoms with E-state index in [0.717, 1.165) is 38.1 Å². The maximum atomic E-state index is 6.19. The van der Waals surface area contributed by atoms with Gasteiger partial charge >= 0.3 is 0 Å². The third-order valence-corrected chi connectivity index (χ3v) is 6.00. The minimum Gasteiger partial charge on any atom is -0.452 e.